The minimum atomic E-state index is 0.889. The van der Waals surface area contributed by atoms with Crippen molar-refractivity contribution in [3.05, 3.63) is 180 Å². The minimum absolute atomic E-state index is 0.889. The van der Waals surface area contributed by atoms with Crippen LogP contribution in [0.25, 0.3) is 71.3 Å². The molecule has 10 aromatic rings. The van der Waals surface area contributed by atoms with Gasteiger partial charge in [-0.05, 0) is 71.6 Å². The molecule has 0 aliphatic rings. The molecule has 0 amide bonds. The van der Waals surface area contributed by atoms with Gasteiger partial charge in [-0.25, -0.2) is 0 Å². The zero-order valence-electron chi connectivity index (χ0n) is 26.9. The Hall–Kier alpha value is -6.10. The fraction of sp³-hybridized carbons (Fsp3) is 0. The Morgan fingerprint density at radius 3 is 2.04 bits per heavy atom. The first-order valence-electron chi connectivity index (χ1n) is 16.8. The van der Waals surface area contributed by atoms with Gasteiger partial charge in [0, 0.05) is 54.4 Å². The van der Waals surface area contributed by atoms with E-state index in [4.69, 9.17) is 4.42 Å². The molecule has 2 heterocycles. The first kappa shape index (κ1) is 28.9. The minimum Gasteiger partial charge on any atom is -0.456 e. The number of benzene rings is 8. The first-order valence-corrected chi connectivity index (χ1v) is 17.6. The van der Waals surface area contributed by atoms with Crippen LogP contribution in [0.1, 0.15) is 0 Å². The van der Waals surface area contributed by atoms with Crippen molar-refractivity contribution in [2.24, 2.45) is 0 Å². The summed E-state index contributed by atoms with van der Waals surface area (Å²) in [6, 6.07) is 62.9. The highest BCUT2D eigenvalue weighted by molar-refractivity contribution is 9.10. The zero-order valence-corrected chi connectivity index (χ0v) is 28.5. The smallest absolute Gasteiger partial charge is 0.137 e. The summed E-state index contributed by atoms with van der Waals surface area (Å²) in [5, 5.41) is 7.04. The molecule has 0 radical (unpaired) electrons. The van der Waals surface area contributed by atoms with E-state index in [0.717, 1.165) is 71.3 Å². The van der Waals surface area contributed by atoms with Gasteiger partial charge in [0.1, 0.15) is 11.2 Å². The number of anilines is 3. The predicted molar refractivity (Wildman–Crippen MR) is 213 cm³/mol. The standard InChI is InChI=1S/C46H29BrN2O/c47-32-23-21-31(22-24-32)36-16-6-8-18-41(36)49(42-19-10-12-30-11-4-5-15-35(30)42)34-25-26-37-39-28-40-38-17-7-9-20-45(38)50-46(40)29-44(39)48(43(37)27-34)33-13-2-1-3-14-33/h1-29H. The third kappa shape index (κ3) is 4.57. The summed E-state index contributed by atoms with van der Waals surface area (Å²) in [6.07, 6.45) is 0. The Bertz CT molecular complexity index is 2880. The highest BCUT2D eigenvalue weighted by atomic mass is 79.9. The molecule has 8 aromatic carbocycles. The number of hydrogen-bond acceptors (Lipinski definition) is 2. The quantitative estimate of drug-likeness (QED) is 0.178. The van der Waals surface area contributed by atoms with Gasteiger partial charge in [-0.15, -0.1) is 0 Å². The Morgan fingerprint density at radius 1 is 0.460 bits per heavy atom. The Labute approximate surface area is 297 Å². The van der Waals surface area contributed by atoms with Crippen molar-refractivity contribution < 1.29 is 4.42 Å². The molecule has 3 nitrogen and oxygen atoms in total. The van der Waals surface area contributed by atoms with Crippen molar-refractivity contribution in [3.8, 4) is 16.8 Å². The van der Waals surface area contributed by atoms with Crippen molar-refractivity contribution in [3.63, 3.8) is 0 Å². The maximum absolute atomic E-state index is 6.40. The van der Waals surface area contributed by atoms with Crippen LogP contribution in [0.3, 0.4) is 0 Å². The van der Waals surface area contributed by atoms with Crippen LogP contribution in [0.15, 0.2) is 185 Å². The molecule has 0 aliphatic carbocycles. The third-order valence-electron chi connectivity index (χ3n) is 9.83. The second kappa shape index (κ2) is 11.5. The summed E-state index contributed by atoms with van der Waals surface area (Å²) >= 11 is 3.63. The SMILES string of the molecule is Brc1ccc(-c2ccccc2N(c2ccc3c4cc5c(cc4n(-c4ccccc4)c3c2)oc2ccccc25)c2cccc3ccccc23)cc1. The topological polar surface area (TPSA) is 21.3 Å². The maximum Gasteiger partial charge on any atom is 0.137 e. The second-order valence-corrected chi connectivity index (χ2v) is 13.6. The summed E-state index contributed by atoms with van der Waals surface area (Å²) in [5.74, 6) is 0. The molecule has 0 bridgehead atoms. The van der Waals surface area contributed by atoms with Crippen LogP contribution >= 0.6 is 15.9 Å². The molecule has 0 atom stereocenters. The lowest BCUT2D eigenvalue weighted by Crippen LogP contribution is -2.12. The first-order chi connectivity index (χ1) is 24.7. The van der Waals surface area contributed by atoms with E-state index in [-0.39, 0.29) is 0 Å². The number of fused-ring (bicyclic) bond motifs is 7. The molecule has 10 rings (SSSR count). The largest absolute Gasteiger partial charge is 0.456 e. The molecule has 0 spiro atoms. The molecule has 0 saturated heterocycles. The Balaban J connectivity index is 1.29. The molecule has 0 unspecified atom stereocenters. The number of para-hydroxylation sites is 3. The molecular formula is C46H29BrN2O. The number of halogens is 1. The number of furan rings is 1. The maximum atomic E-state index is 6.40. The monoisotopic (exact) mass is 704 g/mol. The molecular weight excluding hydrogens is 676 g/mol. The lowest BCUT2D eigenvalue weighted by atomic mass is 10.0. The molecule has 0 fully saturated rings. The van der Waals surface area contributed by atoms with Gasteiger partial charge in [-0.1, -0.05) is 125 Å². The van der Waals surface area contributed by atoms with E-state index in [1.165, 1.54) is 21.5 Å². The number of rotatable bonds is 5. The molecule has 4 heteroatoms. The van der Waals surface area contributed by atoms with Crippen molar-refractivity contribution in [1.82, 2.24) is 4.57 Å². The van der Waals surface area contributed by atoms with Gasteiger partial charge in [-0.3, -0.25) is 0 Å². The van der Waals surface area contributed by atoms with Gasteiger partial charge in [0.2, 0.25) is 0 Å². The van der Waals surface area contributed by atoms with E-state index in [2.05, 4.69) is 189 Å². The van der Waals surface area contributed by atoms with E-state index in [1.54, 1.807) is 0 Å². The van der Waals surface area contributed by atoms with E-state index < -0.39 is 0 Å². The average molecular weight is 706 g/mol. The van der Waals surface area contributed by atoms with Gasteiger partial charge in [0.15, 0.2) is 0 Å². The summed E-state index contributed by atoms with van der Waals surface area (Å²) in [5.41, 5.74) is 10.8. The molecule has 0 saturated carbocycles. The molecule has 0 N–H and O–H groups in total. The molecule has 2 aromatic heterocycles. The lowest BCUT2D eigenvalue weighted by Gasteiger charge is -2.29. The van der Waals surface area contributed by atoms with Crippen LogP contribution in [-0.2, 0) is 0 Å². The van der Waals surface area contributed by atoms with Crippen molar-refractivity contribution >= 4 is 87.5 Å². The molecule has 50 heavy (non-hydrogen) atoms. The summed E-state index contributed by atoms with van der Waals surface area (Å²) in [7, 11) is 0. The number of aromatic nitrogens is 1. The van der Waals surface area contributed by atoms with Gasteiger partial charge in [0.25, 0.3) is 0 Å². The van der Waals surface area contributed by atoms with Crippen LogP contribution in [0.4, 0.5) is 17.1 Å². The Morgan fingerprint density at radius 2 is 1.16 bits per heavy atom. The van der Waals surface area contributed by atoms with Crippen LogP contribution < -0.4 is 4.90 Å². The number of nitrogens with zero attached hydrogens (tertiary/aromatic N) is 2. The van der Waals surface area contributed by atoms with E-state index in [1.807, 2.05) is 12.1 Å². The fourth-order valence-electron chi connectivity index (χ4n) is 7.57. The van der Waals surface area contributed by atoms with Crippen LogP contribution in [0, 0.1) is 0 Å². The van der Waals surface area contributed by atoms with E-state index in [9.17, 15) is 0 Å². The van der Waals surface area contributed by atoms with Crippen LogP contribution in [0.5, 0.6) is 0 Å². The summed E-state index contributed by atoms with van der Waals surface area (Å²) < 4.78 is 9.84. The van der Waals surface area contributed by atoms with Crippen molar-refractivity contribution in [2.75, 3.05) is 4.90 Å². The fourth-order valence-corrected chi connectivity index (χ4v) is 7.84. The average Bonchev–Trinajstić information content (AvgIpc) is 3.69. The highest BCUT2D eigenvalue weighted by Crippen LogP contribution is 2.46. The molecule has 236 valence electrons. The van der Waals surface area contributed by atoms with Crippen LogP contribution in [0.2, 0.25) is 0 Å². The van der Waals surface area contributed by atoms with Crippen molar-refractivity contribution in [2.45, 2.75) is 0 Å². The van der Waals surface area contributed by atoms with Gasteiger partial charge in [-0.2, -0.15) is 0 Å². The second-order valence-electron chi connectivity index (χ2n) is 12.7. The predicted octanol–water partition coefficient (Wildman–Crippen LogP) is 13.7. The van der Waals surface area contributed by atoms with Crippen LogP contribution in [-0.4, -0.2) is 4.57 Å². The normalized spacial score (nSPS) is 11.7. The number of hydrogen-bond donors (Lipinski definition) is 0. The van der Waals surface area contributed by atoms with E-state index in [0.29, 0.717) is 0 Å². The zero-order chi connectivity index (χ0) is 33.2. The summed E-state index contributed by atoms with van der Waals surface area (Å²) in [6.45, 7) is 0. The van der Waals surface area contributed by atoms with Gasteiger partial charge >= 0.3 is 0 Å². The van der Waals surface area contributed by atoms with E-state index >= 15 is 0 Å². The molecule has 0 aliphatic heterocycles. The van der Waals surface area contributed by atoms with Gasteiger partial charge in [0.05, 0.1) is 22.4 Å². The lowest BCUT2D eigenvalue weighted by molar-refractivity contribution is 0.669. The third-order valence-corrected chi connectivity index (χ3v) is 10.4. The van der Waals surface area contributed by atoms with Crippen molar-refractivity contribution in [1.29, 1.82) is 0 Å². The summed E-state index contributed by atoms with van der Waals surface area (Å²) in [4.78, 5) is 2.42. The Kier molecular flexibility index (Phi) is 6.64. The van der Waals surface area contributed by atoms with Gasteiger partial charge < -0.3 is 13.9 Å². The highest BCUT2D eigenvalue weighted by Gasteiger charge is 2.22.